The van der Waals surface area contributed by atoms with Crippen LogP contribution in [0.1, 0.15) is 39.5 Å². The molecule has 0 saturated carbocycles. The van der Waals surface area contributed by atoms with Crippen LogP contribution in [0.4, 0.5) is 0 Å². The standard InChI is InChI=1S/C27H22BrNO5/c1-4-32-23-15-18(13-21(28)24(23)33-26(30)20-12-8-6-10-17(20)3)14-22-27(31)34-25(29-22)19-11-7-5-9-16(19)2/h5-15H,4H2,1-3H3/b22-14-. The van der Waals surface area contributed by atoms with Crippen molar-refractivity contribution < 1.29 is 23.8 Å². The summed E-state index contributed by atoms with van der Waals surface area (Å²) in [6.07, 6.45) is 1.60. The summed E-state index contributed by atoms with van der Waals surface area (Å²) >= 11 is 3.47. The molecule has 3 aromatic rings. The zero-order valence-corrected chi connectivity index (χ0v) is 20.5. The van der Waals surface area contributed by atoms with E-state index in [1.54, 1.807) is 30.3 Å². The maximum Gasteiger partial charge on any atom is 0.363 e. The fourth-order valence-electron chi connectivity index (χ4n) is 3.48. The summed E-state index contributed by atoms with van der Waals surface area (Å²) in [4.78, 5) is 29.6. The number of hydrogen-bond donors (Lipinski definition) is 0. The van der Waals surface area contributed by atoms with Crippen LogP contribution in [-0.2, 0) is 9.53 Å². The molecular formula is C27H22BrNO5. The molecule has 4 rings (SSSR count). The lowest BCUT2D eigenvalue weighted by Crippen LogP contribution is -2.11. The Labute approximate surface area is 206 Å². The summed E-state index contributed by atoms with van der Waals surface area (Å²) in [6, 6.07) is 18.2. The summed E-state index contributed by atoms with van der Waals surface area (Å²) in [5.41, 5.74) is 3.79. The Morgan fingerprint density at radius 3 is 2.47 bits per heavy atom. The van der Waals surface area contributed by atoms with Gasteiger partial charge in [-0.2, -0.15) is 0 Å². The lowest BCUT2D eigenvalue weighted by atomic mass is 10.1. The lowest BCUT2D eigenvalue weighted by molar-refractivity contribution is -0.129. The minimum Gasteiger partial charge on any atom is -0.490 e. The third-order valence-corrected chi connectivity index (χ3v) is 5.78. The van der Waals surface area contributed by atoms with Gasteiger partial charge in [-0.1, -0.05) is 36.4 Å². The summed E-state index contributed by atoms with van der Waals surface area (Å²) in [5.74, 6) is -0.141. The van der Waals surface area contributed by atoms with Crippen LogP contribution in [0.2, 0.25) is 0 Å². The van der Waals surface area contributed by atoms with Crippen LogP contribution in [-0.4, -0.2) is 24.4 Å². The highest BCUT2D eigenvalue weighted by Crippen LogP contribution is 2.38. The Morgan fingerprint density at radius 2 is 1.76 bits per heavy atom. The van der Waals surface area contributed by atoms with Gasteiger partial charge in [-0.15, -0.1) is 0 Å². The molecule has 1 aliphatic heterocycles. The van der Waals surface area contributed by atoms with Gasteiger partial charge in [0, 0.05) is 5.56 Å². The molecule has 0 bridgehead atoms. The van der Waals surface area contributed by atoms with Crippen LogP contribution in [0.3, 0.4) is 0 Å². The highest BCUT2D eigenvalue weighted by atomic mass is 79.9. The van der Waals surface area contributed by atoms with Gasteiger partial charge in [-0.05, 0) is 83.7 Å². The number of rotatable bonds is 6. The van der Waals surface area contributed by atoms with Crippen molar-refractivity contribution in [2.45, 2.75) is 20.8 Å². The monoisotopic (exact) mass is 519 g/mol. The second kappa shape index (κ2) is 10.1. The number of cyclic esters (lactones) is 1. The van der Waals surface area contributed by atoms with Gasteiger partial charge in [-0.3, -0.25) is 0 Å². The maximum absolute atomic E-state index is 12.8. The number of aliphatic imine (C=N–C) groups is 1. The molecule has 0 N–H and O–H groups in total. The molecule has 0 saturated heterocycles. The molecule has 0 radical (unpaired) electrons. The van der Waals surface area contributed by atoms with Crippen LogP contribution in [0.25, 0.3) is 6.08 Å². The van der Waals surface area contributed by atoms with Gasteiger partial charge in [0.25, 0.3) is 0 Å². The van der Waals surface area contributed by atoms with Gasteiger partial charge in [0.1, 0.15) is 0 Å². The quantitative estimate of drug-likeness (QED) is 0.226. The van der Waals surface area contributed by atoms with Crippen molar-refractivity contribution in [1.82, 2.24) is 0 Å². The average Bonchev–Trinajstić information content (AvgIpc) is 3.16. The molecule has 0 amide bonds. The number of carbonyl (C=O) groups excluding carboxylic acids is 2. The molecule has 172 valence electrons. The Balaban J connectivity index is 1.67. The van der Waals surface area contributed by atoms with Gasteiger partial charge < -0.3 is 14.2 Å². The number of aryl methyl sites for hydroxylation is 2. The first kappa shape index (κ1) is 23.4. The molecule has 3 aromatic carbocycles. The maximum atomic E-state index is 12.8. The van der Waals surface area contributed by atoms with E-state index in [0.29, 0.717) is 28.0 Å². The second-order valence-electron chi connectivity index (χ2n) is 7.62. The van der Waals surface area contributed by atoms with Gasteiger partial charge in [0.2, 0.25) is 5.90 Å². The Hall–Kier alpha value is -3.71. The van der Waals surface area contributed by atoms with Crippen LogP contribution in [0, 0.1) is 13.8 Å². The molecule has 0 aliphatic carbocycles. The average molecular weight is 520 g/mol. The number of ether oxygens (including phenoxy) is 3. The van der Waals surface area contributed by atoms with Crippen molar-refractivity contribution in [2.75, 3.05) is 6.61 Å². The van der Waals surface area contributed by atoms with Crippen LogP contribution in [0.15, 0.2) is 75.8 Å². The molecule has 34 heavy (non-hydrogen) atoms. The van der Waals surface area contributed by atoms with E-state index in [1.165, 1.54) is 0 Å². The molecule has 0 aromatic heterocycles. The van der Waals surface area contributed by atoms with Crippen molar-refractivity contribution in [3.8, 4) is 11.5 Å². The molecular weight excluding hydrogens is 498 g/mol. The van der Waals surface area contributed by atoms with Crippen molar-refractivity contribution in [3.05, 3.63) is 98.7 Å². The zero-order valence-electron chi connectivity index (χ0n) is 18.9. The Bertz CT molecular complexity index is 1340. The van der Waals surface area contributed by atoms with Gasteiger partial charge in [0.05, 0.1) is 16.6 Å². The summed E-state index contributed by atoms with van der Waals surface area (Å²) < 4.78 is 17.3. The van der Waals surface area contributed by atoms with Crippen molar-refractivity contribution in [2.24, 2.45) is 4.99 Å². The fraction of sp³-hybridized carbons (Fsp3) is 0.148. The van der Waals surface area contributed by atoms with Crippen LogP contribution < -0.4 is 9.47 Å². The zero-order chi connectivity index (χ0) is 24.2. The predicted octanol–water partition coefficient (Wildman–Crippen LogP) is 6.03. The van der Waals surface area contributed by atoms with E-state index in [0.717, 1.165) is 16.7 Å². The minimum atomic E-state index is -0.539. The molecule has 7 heteroatoms. The van der Waals surface area contributed by atoms with Crippen molar-refractivity contribution in [1.29, 1.82) is 0 Å². The topological polar surface area (TPSA) is 74.2 Å². The molecule has 0 atom stereocenters. The van der Waals surface area contributed by atoms with E-state index in [4.69, 9.17) is 14.2 Å². The SMILES string of the molecule is CCOc1cc(/C=C2\N=C(c3ccccc3C)OC2=O)cc(Br)c1OC(=O)c1ccccc1C. The summed E-state index contributed by atoms with van der Waals surface area (Å²) in [6.45, 7) is 5.96. The normalized spacial score (nSPS) is 14.1. The smallest absolute Gasteiger partial charge is 0.363 e. The van der Waals surface area contributed by atoms with Gasteiger partial charge in [-0.25, -0.2) is 14.6 Å². The number of benzene rings is 3. The first-order chi connectivity index (χ1) is 16.4. The van der Waals surface area contributed by atoms with E-state index in [1.807, 2.05) is 57.2 Å². The number of nitrogens with zero attached hydrogens (tertiary/aromatic N) is 1. The van der Waals surface area contributed by atoms with Gasteiger partial charge in [0.15, 0.2) is 17.2 Å². The predicted molar refractivity (Wildman–Crippen MR) is 133 cm³/mol. The van der Waals surface area contributed by atoms with Crippen molar-refractivity contribution >= 4 is 39.8 Å². The first-order valence-electron chi connectivity index (χ1n) is 10.7. The van der Waals surface area contributed by atoms with E-state index in [-0.39, 0.29) is 17.3 Å². The summed E-state index contributed by atoms with van der Waals surface area (Å²) in [7, 11) is 0. The number of halogens is 1. The number of esters is 2. The van der Waals surface area contributed by atoms with E-state index in [9.17, 15) is 9.59 Å². The highest BCUT2D eigenvalue weighted by Gasteiger charge is 2.25. The fourth-order valence-corrected chi connectivity index (χ4v) is 4.02. The number of hydrogen-bond acceptors (Lipinski definition) is 6. The first-order valence-corrected chi connectivity index (χ1v) is 11.5. The second-order valence-corrected chi connectivity index (χ2v) is 8.47. The highest BCUT2D eigenvalue weighted by molar-refractivity contribution is 9.10. The van der Waals surface area contributed by atoms with E-state index >= 15 is 0 Å². The lowest BCUT2D eigenvalue weighted by Gasteiger charge is -2.14. The summed E-state index contributed by atoms with van der Waals surface area (Å²) in [5, 5.41) is 0. The van der Waals surface area contributed by atoms with Crippen molar-refractivity contribution in [3.63, 3.8) is 0 Å². The molecule has 1 aliphatic rings. The van der Waals surface area contributed by atoms with E-state index < -0.39 is 11.9 Å². The van der Waals surface area contributed by atoms with Gasteiger partial charge >= 0.3 is 11.9 Å². The molecule has 1 heterocycles. The molecule has 6 nitrogen and oxygen atoms in total. The largest absolute Gasteiger partial charge is 0.490 e. The minimum absolute atomic E-state index is 0.164. The number of carbonyl (C=O) groups is 2. The van der Waals surface area contributed by atoms with Crippen LogP contribution >= 0.6 is 15.9 Å². The third kappa shape index (κ3) is 4.94. The Morgan fingerprint density at radius 1 is 1.06 bits per heavy atom. The molecule has 0 spiro atoms. The molecule has 0 fully saturated rings. The van der Waals surface area contributed by atoms with E-state index in [2.05, 4.69) is 20.9 Å². The van der Waals surface area contributed by atoms with Crippen LogP contribution in [0.5, 0.6) is 11.5 Å². The molecule has 0 unspecified atom stereocenters. The Kier molecular flexibility index (Phi) is 6.93. The third-order valence-electron chi connectivity index (χ3n) is 5.19.